The molecule has 0 aliphatic heterocycles. The Morgan fingerprint density at radius 2 is 0.917 bits per heavy atom. The molecular formula is C26H42N4O6. The number of methoxy groups -OCH3 is 4. The zero-order chi connectivity index (χ0) is 26.2. The van der Waals surface area contributed by atoms with Crippen molar-refractivity contribution in [1.29, 1.82) is 0 Å². The van der Waals surface area contributed by atoms with Crippen molar-refractivity contribution in [3.63, 3.8) is 0 Å². The molecule has 0 amide bonds. The molecule has 0 atom stereocenters. The predicted octanol–water partition coefficient (Wildman–Crippen LogP) is 1.97. The Morgan fingerprint density at radius 1 is 0.528 bits per heavy atom. The van der Waals surface area contributed by atoms with Crippen LogP contribution in [0, 0.1) is 0 Å². The van der Waals surface area contributed by atoms with Gasteiger partial charge in [-0.2, -0.15) is 0 Å². The van der Waals surface area contributed by atoms with Crippen LogP contribution in [0.25, 0.3) is 0 Å². The van der Waals surface area contributed by atoms with E-state index in [-0.39, 0.29) is 11.5 Å². The summed E-state index contributed by atoms with van der Waals surface area (Å²) < 4.78 is 21.0. The molecule has 0 unspecified atom stereocenters. The van der Waals surface area contributed by atoms with Gasteiger partial charge in [-0.1, -0.05) is 0 Å². The first kappa shape index (κ1) is 29.3. The standard InChI is InChI=1S/C26H42N4O6/c1-33-19-13-23(31)21(25(15-19)35-3)17-29-9-5-7-27-11-12-28-8-6-10-30-18-22-24(32)14-20(34-2)16-26(22)36-4/h13-16,27-32H,5-12,17-18H2,1-4H3. The van der Waals surface area contributed by atoms with E-state index in [1.807, 2.05) is 0 Å². The summed E-state index contributed by atoms with van der Waals surface area (Å²) in [6.07, 6.45) is 1.95. The van der Waals surface area contributed by atoms with Gasteiger partial charge in [-0.25, -0.2) is 0 Å². The number of hydrogen-bond acceptors (Lipinski definition) is 10. The van der Waals surface area contributed by atoms with Crippen LogP contribution in [0.4, 0.5) is 0 Å². The van der Waals surface area contributed by atoms with Gasteiger partial charge in [0.2, 0.25) is 0 Å². The van der Waals surface area contributed by atoms with E-state index in [1.165, 1.54) is 0 Å². The second kappa shape index (κ2) is 16.7. The number of ether oxygens (including phenoxy) is 4. The average Bonchev–Trinajstić information content (AvgIpc) is 2.89. The summed E-state index contributed by atoms with van der Waals surface area (Å²) >= 11 is 0. The minimum absolute atomic E-state index is 0.164. The maximum absolute atomic E-state index is 10.2. The third-order valence-corrected chi connectivity index (χ3v) is 5.73. The van der Waals surface area contributed by atoms with Gasteiger partial charge in [-0.15, -0.1) is 0 Å². The maximum Gasteiger partial charge on any atom is 0.130 e. The second-order valence-corrected chi connectivity index (χ2v) is 8.22. The van der Waals surface area contributed by atoms with Gasteiger partial charge >= 0.3 is 0 Å². The number of aromatic hydroxyl groups is 2. The van der Waals surface area contributed by atoms with Crippen molar-refractivity contribution in [3.05, 3.63) is 35.4 Å². The van der Waals surface area contributed by atoms with Crippen LogP contribution in [-0.2, 0) is 13.1 Å². The van der Waals surface area contributed by atoms with Crippen molar-refractivity contribution in [2.24, 2.45) is 0 Å². The maximum atomic E-state index is 10.2. The molecule has 0 saturated heterocycles. The van der Waals surface area contributed by atoms with Crippen molar-refractivity contribution in [2.45, 2.75) is 25.9 Å². The van der Waals surface area contributed by atoms with Crippen LogP contribution in [0.15, 0.2) is 24.3 Å². The van der Waals surface area contributed by atoms with E-state index >= 15 is 0 Å². The SMILES string of the molecule is COc1cc(O)c(CNCCCNCCNCCCNCc2c(O)cc(OC)cc2OC)c(OC)c1. The van der Waals surface area contributed by atoms with Crippen LogP contribution in [0.3, 0.4) is 0 Å². The molecule has 0 saturated carbocycles. The molecule has 2 rings (SSSR count). The van der Waals surface area contributed by atoms with Crippen molar-refractivity contribution >= 4 is 0 Å². The molecule has 10 heteroatoms. The molecule has 36 heavy (non-hydrogen) atoms. The molecule has 0 heterocycles. The van der Waals surface area contributed by atoms with Crippen LogP contribution < -0.4 is 40.2 Å². The smallest absolute Gasteiger partial charge is 0.130 e. The highest BCUT2D eigenvalue weighted by Gasteiger charge is 2.12. The van der Waals surface area contributed by atoms with Gasteiger partial charge in [0.05, 0.1) is 28.4 Å². The highest BCUT2D eigenvalue weighted by Crippen LogP contribution is 2.34. The lowest BCUT2D eigenvalue weighted by Gasteiger charge is -2.14. The summed E-state index contributed by atoms with van der Waals surface area (Å²) in [6.45, 7) is 6.34. The fraction of sp³-hybridized carbons (Fsp3) is 0.538. The first-order valence-electron chi connectivity index (χ1n) is 12.2. The monoisotopic (exact) mass is 506 g/mol. The van der Waals surface area contributed by atoms with Crippen molar-refractivity contribution in [1.82, 2.24) is 21.3 Å². The van der Waals surface area contributed by atoms with E-state index in [9.17, 15) is 10.2 Å². The van der Waals surface area contributed by atoms with Gasteiger partial charge in [0.15, 0.2) is 0 Å². The first-order chi connectivity index (χ1) is 17.5. The van der Waals surface area contributed by atoms with Gasteiger partial charge in [0.1, 0.15) is 34.5 Å². The third-order valence-electron chi connectivity index (χ3n) is 5.73. The van der Waals surface area contributed by atoms with Crippen LogP contribution in [-0.4, -0.2) is 77.9 Å². The summed E-state index contributed by atoms with van der Waals surface area (Å²) in [4.78, 5) is 0. The molecule has 202 valence electrons. The van der Waals surface area contributed by atoms with E-state index in [1.54, 1.807) is 52.7 Å². The van der Waals surface area contributed by atoms with Gasteiger partial charge in [-0.3, -0.25) is 0 Å². The highest BCUT2D eigenvalue weighted by atomic mass is 16.5. The Hall–Kier alpha value is -2.92. The largest absolute Gasteiger partial charge is 0.507 e. The Balaban J connectivity index is 1.47. The number of hydrogen-bond donors (Lipinski definition) is 6. The quantitative estimate of drug-likeness (QED) is 0.158. The number of phenolic OH excluding ortho intramolecular Hbond substituents is 2. The number of nitrogens with one attached hydrogen (secondary N) is 4. The van der Waals surface area contributed by atoms with Crippen LogP contribution >= 0.6 is 0 Å². The van der Waals surface area contributed by atoms with E-state index in [2.05, 4.69) is 21.3 Å². The topological polar surface area (TPSA) is 126 Å². The fourth-order valence-electron chi connectivity index (χ4n) is 3.70. The highest BCUT2D eigenvalue weighted by molar-refractivity contribution is 5.50. The van der Waals surface area contributed by atoms with Gasteiger partial charge in [0, 0.05) is 61.6 Å². The molecule has 10 nitrogen and oxygen atoms in total. The minimum Gasteiger partial charge on any atom is -0.507 e. The zero-order valence-corrected chi connectivity index (χ0v) is 21.9. The number of rotatable bonds is 19. The summed E-state index contributed by atoms with van der Waals surface area (Å²) in [5.74, 6) is 2.68. The van der Waals surface area contributed by atoms with E-state index in [4.69, 9.17) is 18.9 Å². The molecule has 0 aromatic heterocycles. The third kappa shape index (κ3) is 9.62. The van der Waals surface area contributed by atoms with Gasteiger partial charge in [0.25, 0.3) is 0 Å². The van der Waals surface area contributed by atoms with Crippen LogP contribution in [0.1, 0.15) is 24.0 Å². The average molecular weight is 507 g/mol. The summed E-state index contributed by atoms with van der Waals surface area (Å²) in [7, 11) is 6.28. The molecule has 0 aliphatic rings. The van der Waals surface area contributed by atoms with E-state index in [0.717, 1.165) is 63.2 Å². The van der Waals surface area contributed by atoms with Gasteiger partial charge in [-0.05, 0) is 39.0 Å². The summed E-state index contributed by atoms with van der Waals surface area (Å²) in [6, 6.07) is 6.72. The molecular weight excluding hydrogens is 464 g/mol. The Bertz CT molecular complexity index is 839. The number of phenols is 2. The van der Waals surface area contributed by atoms with Crippen molar-refractivity contribution in [3.8, 4) is 34.5 Å². The number of benzene rings is 2. The molecule has 0 bridgehead atoms. The minimum atomic E-state index is 0.164. The normalized spacial score (nSPS) is 10.9. The molecule has 0 aliphatic carbocycles. The molecule has 2 aromatic rings. The van der Waals surface area contributed by atoms with E-state index < -0.39 is 0 Å². The zero-order valence-electron chi connectivity index (χ0n) is 21.9. The lowest BCUT2D eigenvalue weighted by molar-refractivity contribution is 0.376. The molecule has 2 aromatic carbocycles. The second-order valence-electron chi connectivity index (χ2n) is 8.22. The first-order valence-corrected chi connectivity index (χ1v) is 12.2. The van der Waals surface area contributed by atoms with Crippen LogP contribution in [0.5, 0.6) is 34.5 Å². The van der Waals surface area contributed by atoms with Crippen molar-refractivity contribution < 1.29 is 29.2 Å². The Kier molecular flexibility index (Phi) is 13.6. The molecule has 0 spiro atoms. The summed E-state index contributed by atoms with van der Waals surface area (Å²) in [5, 5.41) is 33.9. The lowest BCUT2D eigenvalue weighted by Crippen LogP contribution is -2.30. The van der Waals surface area contributed by atoms with Crippen LogP contribution in [0.2, 0.25) is 0 Å². The fourth-order valence-corrected chi connectivity index (χ4v) is 3.70. The Morgan fingerprint density at radius 3 is 1.28 bits per heavy atom. The summed E-state index contributed by atoms with van der Waals surface area (Å²) in [5.41, 5.74) is 1.45. The Labute approximate surface area is 214 Å². The van der Waals surface area contributed by atoms with Gasteiger partial charge < -0.3 is 50.4 Å². The lowest BCUT2D eigenvalue weighted by atomic mass is 10.1. The van der Waals surface area contributed by atoms with E-state index in [0.29, 0.717) is 36.1 Å². The molecule has 0 fully saturated rings. The predicted molar refractivity (Wildman–Crippen MR) is 141 cm³/mol. The van der Waals surface area contributed by atoms with Crippen molar-refractivity contribution in [2.75, 3.05) is 67.7 Å². The molecule has 6 N–H and O–H groups in total. The molecule has 0 radical (unpaired) electrons.